The molecule has 1 aromatic carbocycles. The zero-order valence-electron chi connectivity index (χ0n) is 16.3. The Morgan fingerprint density at radius 2 is 1.82 bits per heavy atom. The molecule has 148 valence electrons. The van der Waals surface area contributed by atoms with Gasteiger partial charge in [0.1, 0.15) is 11.6 Å². The number of urea groups is 1. The van der Waals surface area contributed by atoms with E-state index < -0.39 is 0 Å². The molecule has 0 saturated carbocycles. The second-order valence-electron chi connectivity index (χ2n) is 7.54. The van der Waals surface area contributed by atoms with Crippen LogP contribution in [-0.4, -0.2) is 70.8 Å². The summed E-state index contributed by atoms with van der Waals surface area (Å²) in [6, 6.07) is 7.16. The SMILES string of the molecule is COc1ccc(NC(=O)c2nnc3n2CC2CN(C(=O)N(C)C)CC2C3)cc1. The molecule has 1 saturated heterocycles. The van der Waals surface area contributed by atoms with Crippen molar-refractivity contribution in [3.8, 4) is 5.75 Å². The number of likely N-dealkylation sites (tertiary alicyclic amines) is 1. The number of rotatable bonds is 3. The highest BCUT2D eigenvalue weighted by Crippen LogP contribution is 2.33. The first-order valence-electron chi connectivity index (χ1n) is 9.30. The van der Waals surface area contributed by atoms with Crippen LogP contribution in [0.3, 0.4) is 0 Å². The van der Waals surface area contributed by atoms with Crippen molar-refractivity contribution >= 4 is 17.6 Å². The van der Waals surface area contributed by atoms with Gasteiger partial charge in [0.2, 0.25) is 5.82 Å². The van der Waals surface area contributed by atoms with Crippen LogP contribution in [0.25, 0.3) is 0 Å². The maximum atomic E-state index is 12.7. The summed E-state index contributed by atoms with van der Waals surface area (Å²) in [5.41, 5.74) is 0.667. The number of aromatic nitrogens is 3. The van der Waals surface area contributed by atoms with Gasteiger partial charge in [0.05, 0.1) is 7.11 Å². The molecule has 9 heteroatoms. The van der Waals surface area contributed by atoms with Crippen LogP contribution < -0.4 is 10.1 Å². The zero-order chi connectivity index (χ0) is 19.8. The van der Waals surface area contributed by atoms with E-state index in [1.54, 1.807) is 50.4 Å². The van der Waals surface area contributed by atoms with E-state index in [0.717, 1.165) is 24.5 Å². The summed E-state index contributed by atoms with van der Waals surface area (Å²) < 4.78 is 7.02. The van der Waals surface area contributed by atoms with Crippen LogP contribution in [0.2, 0.25) is 0 Å². The van der Waals surface area contributed by atoms with E-state index in [1.165, 1.54) is 0 Å². The van der Waals surface area contributed by atoms with E-state index in [4.69, 9.17) is 4.74 Å². The first kappa shape index (κ1) is 18.3. The number of fused-ring (bicyclic) bond motifs is 2. The maximum Gasteiger partial charge on any atom is 0.319 e. The molecule has 4 rings (SSSR count). The Morgan fingerprint density at radius 1 is 1.11 bits per heavy atom. The first-order valence-corrected chi connectivity index (χ1v) is 9.30. The van der Waals surface area contributed by atoms with E-state index in [2.05, 4.69) is 15.5 Å². The molecular formula is C19H24N6O3. The lowest BCUT2D eigenvalue weighted by atomic mass is 9.89. The van der Waals surface area contributed by atoms with Crippen LogP contribution in [0.5, 0.6) is 5.75 Å². The Morgan fingerprint density at radius 3 is 2.50 bits per heavy atom. The number of nitrogens with one attached hydrogen (secondary N) is 1. The number of anilines is 1. The summed E-state index contributed by atoms with van der Waals surface area (Å²) in [4.78, 5) is 28.5. The Bertz CT molecular complexity index is 892. The topological polar surface area (TPSA) is 92.6 Å². The van der Waals surface area contributed by atoms with Crippen LogP contribution in [-0.2, 0) is 13.0 Å². The van der Waals surface area contributed by atoms with Crippen molar-refractivity contribution in [1.29, 1.82) is 0 Å². The maximum absolute atomic E-state index is 12.7. The van der Waals surface area contributed by atoms with Gasteiger partial charge in [-0.1, -0.05) is 0 Å². The van der Waals surface area contributed by atoms with Crippen LogP contribution in [0.15, 0.2) is 24.3 Å². The highest BCUT2D eigenvalue weighted by Gasteiger charge is 2.41. The molecule has 2 atom stereocenters. The van der Waals surface area contributed by atoms with Gasteiger partial charge in [-0.3, -0.25) is 4.79 Å². The second kappa shape index (κ2) is 7.14. The highest BCUT2D eigenvalue weighted by atomic mass is 16.5. The fraction of sp³-hybridized carbons (Fsp3) is 0.474. The lowest BCUT2D eigenvalue weighted by Gasteiger charge is -2.25. The van der Waals surface area contributed by atoms with Crippen LogP contribution >= 0.6 is 0 Å². The minimum atomic E-state index is -0.290. The van der Waals surface area contributed by atoms with Gasteiger partial charge in [-0.05, 0) is 36.1 Å². The molecule has 2 aliphatic rings. The van der Waals surface area contributed by atoms with Gasteiger partial charge in [0, 0.05) is 45.8 Å². The predicted molar refractivity (Wildman–Crippen MR) is 102 cm³/mol. The van der Waals surface area contributed by atoms with Gasteiger partial charge in [-0.15, -0.1) is 10.2 Å². The lowest BCUT2D eigenvalue weighted by molar-refractivity contribution is 0.100. The number of benzene rings is 1. The molecule has 0 aliphatic carbocycles. The predicted octanol–water partition coefficient (Wildman–Crippen LogP) is 1.32. The molecule has 2 unspecified atom stereocenters. The van der Waals surface area contributed by atoms with Crippen molar-refractivity contribution in [2.75, 3.05) is 39.6 Å². The average molecular weight is 384 g/mol. The third kappa shape index (κ3) is 3.28. The lowest BCUT2D eigenvalue weighted by Crippen LogP contribution is -2.37. The van der Waals surface area contributed by atoms with Gasteiger partial charge in [-0.25, -0.2) is 4.79 Å². The smallest absolute Gasteiger partial charge is 0.319 e. The molecule has 0 spiro atoms. The highest BCUT2D eigenvalue weighted by molar-refractivity contribution is 6.01. The molecule has 1 N–H and O–H groups in total. The number of carbonyl (C=O) groups excluding carboxylic acids is 2. The van der Waals surface area contributed by atoms with Crippen LogP contribution in [0.1, 0.15) is 16.4 Å². The third-order valence-corrected chi connectivity index (χ3v) is 5.47. The number of nitrogens with zero attached hydrogens (tertiary/aromatic N) is 5. The normalized spacial score (nSPS) is 20.3. The summed E-state index contributed by atoms with van der Waals surface area (Å²) in [6.45, 7) is 2.07. The molecule has 9 nitrogen and oxygen atoms in total. The molecule has 1 fully saturated rings. The minimum absolute atomic E-state index is 0.0302. The van der Waals surface area contributed by atoms with Crippen molar-refractivity contribution in [3.05, 3.63) is 35.9 Å². The van der Waals surface area contributed by atoms with Gasteiger partial charge >= 0.3 is 6.03 Å². The Hall–Kier alpha value is -3.10. The summed E-state index contributed by atoms with van der Waals surface area (Å²) >= 11 is 0. The number of amides is 3. The Labute approximate surface area is 163 Å². The summed E-state index contributed by atoms with van der Waals surface area (Å²) in [6.07, 6.45) is 0.727. The van der Waals surface area contributed by atoms with E-state index in [1.807, 2.05) is 9.47 Å². The Kier molecular flexibility index (Phi) is 4.66. The van der Waals surface area contributed by atoms with Gasteiger partial charge < -0.3 is 24.4 Å². The fourth-order valence-electron chi connectivity index (χ4n) is 3.99. The van der Waals surface area contributed by atoms with Crippen molar-refractivity contribution < 1.29 is 14.3 Å². The number of ether oxygens (including phenoxy) is 1. The molecule has 3 heterocycles. The molecule has 3 amide bonds. The fourth-order valence-corrected chi connectivity index (χ4v) is 3.99. The van der Waals surface area contributed by atoms with Gasteiger partial charge in [0.15, 0.2) is 0 Å². The number of hydrogen-bond donors (Lipinski definition) is 1. The summed E-state index contributed by atoms with van der Waals surface area (Å²) in [5, 5.41) is 11.2. The molecule has 28 heavy (non-hydrogen) atoms. The molecule has 0 radical (unpaired) electrons. The standard InChI is InChI=1S/C19H24N6O3/c1-23(2)19(27)24-9-12-8-16-21-22-17(25(16)11-13(12)10-24)18(26)20-14-4-6-15(28-3)7-5-14/h4-7,12-13H,8-11H2,1-3H3,(H,20,26). The monoisotopic (exact) mass is 384 g/mol. The van der Waals surface area contributed by atoms with E-state index in [0.29, 0.717) is 36.4 Å². The molecule has 1 aromatic heterocycles. The largest absolute Gasteiger partial charge is 0.497 e. The summed E-state index contributed by atoms with van der Waals surface area (Å²) in [5.74, 6) is 2.21. The zero-order valence-corrected chi connectivity index (χ0v) is 16.3. The third-order valence-electron chi connectivity index (χ3n) is 5.47. The average Bonchev–Trinajstić information content (AvgIpc) is 3.29. The minimum Gasteiger partial charge on any atom is -0.497 e. The Balaban J connectivity index is 1.47. The number of carbonyl (C=O) groups is 2. The summed E-state index contributed by atoms with van der Waals surface area (Å²) in [7, 11) is 5.13. The second-order valence-corrected chi connectivity index (χ2v) is 7.54. The van der Waals surface area contributed by atoms with Gasteiger partial charge in [0.25, 0.3) is 5.91 Å². The molecule has 0 bridgehead atoms. The number of methoxy groups -OCH3 is 1. The van der Waals surface area contributed by atoms with E-state index in [-0.39, 0.29) is 11.9 Å². The van der Waals surface area contributed by atoms with Gasteiger partial charge in [-0.2, -0.15) is 0 Å². The van der Waals surface area contributed by atoms with Crippen LogP contribution in [0, 0.1) is 11.8 Å². The van der Waals surface area contributed by atoms with Crippen molar-refractivity contribution in [3.63, 3.8) is 0 Å². The van der Waals surface area contributed by atoms with Crippen molar-refractivity contribution in [1.82, 2.24) is 24.6 Å². The van der Waals surface area contributed by atoms with Crippen LogP contribution in [0.4, 0.5) is 10.5 Å². The van der Waals surface area contributed by atoms with Crippen molar-refractivity contribution in [2.45, 2.75) is 13.0 Å². The quantitative estimate of drug-likeness (QED) is 0.862. The van der Waals surface area contributed by atoms with E-state index >= 15 is 0 Å². The number of hydrogen-bond acceptors (Lipinski definition) is 5. The van der Waals surface area contributed by atoms with E-state index in [9.17, 15) is 9.59 Å². The molecular weight excluding hydrogens is 360 g/mol. The van der Waals surface area contributed by atoms with Crippen molar-refractivity contribution in [2.24, 2.45) is 11.8 Å². The molecule has 2 aromatic rings. The first-order chi connectivity index (χ1) is 13.5. The molecule has 2 aliphatic heterocycles.